The van der Waals surface area contributed by atoms with E-state index in [1.165, 1.54) is 11.2 Å². The average molecular weight is 446 g/mol. The third-order valence-electron chi connectivity index (χ3n) is 5.04. The minimum absolute atomic E-state index is 0.0185. The fourth-order valence-corrected chi connectivity index (χ4v) is 6.36. The van der Waals surface area contributed by atoms with Crippen LogP contribution in [0, 0.1) is 0 Å². The Morgan fingerprint density at radius 3 is 2.67 bits per heavy atom. The highest BCUT2D eigenvalue weighted by molar-refractivity contribution is 8.00. The summed E-state index contributed by atoms with van der Waals surface area (Å²) in [6, 6.07) is 17.0. The van der Waals surface area contributed by atoms with Gasteiger partial charge in [0.2, 0.25) is 5.91 Å². The van der Waals surface area contributed by atoms with Gasteiger partial charge in [0.15, 0.2) is 9.84 Å². The summed E-state index contributed by atoms with van der Waals surface area (Å²) >= 11 is 1.56. The number of carbonyl (C=O) groups excluding carboxylic acids is 1. The van der Waals surface area contributed by atoms with Gasteiger partial charge < -0.3 is 14.2 Å². The molecule has 7 nitrogen and oxygen atoms in total. The summed E-state index contributed by atoms with van der Waals surface area (Å²) in [6.45, 7) is 0.645. The van der Waals surface area contributed by atoms with Gasteiger partial charge in [0.25, 0.3) is 0 Å². The van der Waals surface area contributed by atoms with Crippen molar-refractivity contribution in [1.82, 2.24) is 14.5 Å². The largest absolute Gasteiger partial charge is 0.486 e. The first-order valence-electron chi connectivity index (χ1n) is 9.61. The number of para-hydroxylation sites is 3. The number of thioether (sulfide) groups is 1. The number of imidazole rings is 1. The molecule has 30 heavy (non-hydrogen) atoms. The monoisotopic (exact) mass is 445 g/mol. The number of aromatic nitrogens is 2. The first-order chi connectivity index (χ1) is 14.4. The molecule has 0 spiro atoms. The van der Waals surface area contributed by atoms with Crippen LogP contribution in [0.4, 0.5) is 0 Å². The van der Waals surface area contributed by atoms with Crippen molar-refractivity contribution in [3.63, 3.8) is 0 Å². The molecule has 1 fully saturated rings. The van der Waals surface area contributed by atoms with Crippen LogP contribution in [0.3, 0.4) is 0 Å². The predicted molar refractivity (Wildman–Crippen MR) is 118 cm³/mol. The number of hydrogen-bond acceptors (Lipinski definition) is 6. The van der Waals surface area contributed by atoms with E-state index >= 15 is 0 Å². The normalized spacial score (nSPS) is 17.2. The Kier molecular flexibility index (Phi) is 6.01. The first kappa shape index (κ1) is 20.7. The molecule has 1 aliphatic rings. The fourth-order valence-electron chi connectivity index (χ4n) is 3.52. The Bertz CT molecular complexity index is 1150. The molecule has 3 aromatic rings. The maximum atomic E-state index is 13.2. The Hall–Kier alpha value is -2.52. The smallest absolute Gasteiger partial charge is 0.243 e. The number of amides is 1. The minimum atomic E-state index is -3.36. The van der Waals surface area contributed by atoms with Gasteiger partial charge in [-0.05, 0) is 24.3 Å². The second-order valence-corrected chi connectivity index (χ2v) is 10.5. The van der Waals surface area contributed by atoms with Crippen molar-refractivity contribution in [2.75, 3.05) is 24.3 Å². The zero-order chi connectivity index (χ0) is 21.1. The van der Waals surface area contributed by atoms with Gasteiger partial charge in [-0.1, -0.05) is 30.3 Å². The molecule has 0 aliphatic carbocycles. The van der Waals surface area contributed by atoms with Crippen molar-refractivity contribution in [3.05, 3.63) is 60.4 Å². The number of ether oxygens (including phenoxy) is 1. The summed E-state index contributed by atoms with van der Waals surface area (Å²) in [5.41, 5.74) is 1.59. The molecule has 2 aromatic carbocycles. The molecular formula is C21H23N3O4S2. The van der Waals surface area contributed by atoms with Crippen LogP contribution in [0.5, 0.6) is 5.75 Å². The lowest BCUT2D eigenvalue weighted by Crippen LogP contribution is -2.51. The summed E-state index contributed by atoms with van der Waals surface area (Å²) in [6.07, 6.45) is 1.19. The quantitative estimate of drug-likeness (QED) is 0.580. The topological polar surface area (TPSA) is 81.5 Å². The van der Waals surface area contributed by atoms with Gasteiger partial charge in [0.1, 0.15) is 30.1 Å². The van der Waals surface area contributed by atoms with E-state index in [9.17, 15) is 13.2 Å². The molecule has 4 rings (SSSR count). The van der Waals surface area contributed by atoms with E-state index in [-0.39, 0.29) is 19.1 Å². The van der Waals surface area contributed by atoms with E-state index in [4.69, 9.17) is 4.74 Å². The lowest BCUT2D eigenvalue weighted by atomic mass is 10.3. The number of hydrogen-bond donors (Lipinski definition) is 0. The molecular weight excluding hydrogens is 422 g/mol. The van der Waals surface area contributed by atoms with Crippen LogP contribution in [0.15, 0.2) is 54.6 Å². The number of carbonyl (C=O) groups is 1. The van der Waals surface area contributed by atoms with Crippen molar-refractivity contribution in [1.29, 1.82) is 0 Å². The van der Waals surface area contributed by atoms with E-state index in [0.717, 1.165) is 16.8 Å². The highest BCUT2D eigenvalue weighted by Gasteiger charge is 2.34. The summed E-state index contributed by atoms with van der Waals surface area (Å²) in [5, 5.41) is -0.789. The second kappa shape index (κ2) is 8.69. The molecule has 0 radical (unpaired) electrons. The summed E-state index contributed by atoms with van der Waals surface area (Å²) in [7, 11) is -3.36. The highest BCUT2D eigenvalue weighted by Crippen LogP contribution is 2.23. The molecule has 1 amide bonds. The van der Waals surface area contributed by atoms with Crippen LogP contribution in [-0.2, 0) is 27.8 Å². The zero-order valence-electron chi connectivity index (χ0n) is 16.6. The SMILES string of the molecule is CS(=O)(=O)[C@@H]1CSCCN1C(=O)Cn1c(COc2ccccc2)nc2ccccc21. The Morgan fingerprint density at radius 2 is 1.90 bits per heavy atom. The van der Waals surface area contributed by atoms with Gasteiger partial charge >= 0.3 is 0 Å². The molecule has 1 aromatic heterocycles. The minimum Gasteiger partial charge on any atom is -0.486 e. The van der Waals surface area contributed by atoms with E-state index in [2.05, 4.69) is 4.98 Å². The van der Waals surface area contributed by atoms with Crippen molar-refractivity contribution < 1.29 is 17.9 Å². The number of rotatable bonds is 6. The van der Waals surface area contributed by atoms with Crippen LogP contribution in [0.25, 0.3) is 11.0 Å². The van der Waals surface area contributed by atoms with E-state index in [1.54, 1.807) is 11.8 Å². The average Bonchev–Trinajstić information content (AvgIpc) is 3.10. The molecule has 1 saturated heterocycles. The predicted octanol–water partition coefficient (Wildman–Crippen LogP) is 2.56. The third kappa shape index (κ3) is 4.46. The molecule has 0 saturated carbocycles. The Morgan fingerprint density at radius 1 is 1.17 bits per heavy atom. The van der Waals surface area contributed by atoms with Crippen molar-refractivity contribution in [2.45, 2.75) is 18.5 Å². The van der Waals surface area contributed by atoms with Gasteiger partial charge in [-0.25, -0.2) is 13.4 Å². The molecule has 9 heteroatoms. The lowest BCUT2D eigenvalue weighted by molar-refractivity contribution is -0.132. The Balaban J connectivity index is 1.61. The van der Waals surface area contributed by atoms with Gasteiger partial charge in [0.05, 0.1) is 11.0 Å². The van der Waals surface area contributed by atoms with Crippen molar-refractivity contribution >= 4 is 38.5 Å². The maximum absolute atomic E-state index is 13.2. The molecule has 1 atom stereocenters. The summed E-state index contributed by atoms with van der Waals surface area (Å²) in [4.78, 5) is 19.3. The first-order valence-corrected chi connectivity index (χ1v) is 12.7. The van der Waals surface area contributed by atoms with Crippen LogP contribution < -0.4 is 4.74 Å². The molecule has 158 valence electrons. The molecule has 2 heterocycles. The van der Waals surface area contributed by atoms with E-state index in [1.807, 2.05) is 59.2 Å². The Labute approximate surface area is 180 Å². The van der Waals surface area contributed by atoms with Gasteiger partial charge in [-0.3, -0.25) is 4.79 Å². The van der Waals surface area contributed by atoms with Gasteiger partial charge in [0, 0.05) is 24.3 Å². The van der Waals surface area contributed by atoms with E-state index < -0.39 is 15.2 Å². The summed E-state index contributed by atoms with van der Waals surface area (Å²) < 4.78 is 32.1. The molecule has 0 N–H and O–H groups in total. The zero-order valence-corrected chi connectivity index (χ0v) is 18.2. The number of benzene rings is 2. The third-order valence-corrected chi connectivity index (χ3v) is 7.68. The number of nitrogens with zero attached hydrogens (tertiary/aromatic N) is 3. The van der Waals surface area contributed by atoms with Crippen molar-refractivity contribution in [2.24, 2.45) is 0 Å². The molecule has 0 unspecified atom stereocenters. The maximum Gasteiger partial charge on any atom is 0.243 e. The molecule has 1 aliphatic heterocycles. The number of fused-ring (bicyclic) bond motifs is 1. The molecule has 0 bridgehead atoms. The summed E-state index contributed by atoms with van der Waals surface area (Å²) in [5.74, 6) is 2.24. The highest BCUT2D eigenvalue weighted by atomic mass is 32.2. The van der Waals surface area contributed by atoms with Crippen LogP contribution in [0.1, 0.15) is 5.82 Å². The number of sulfone groups is 1. The van der Waals surface area contributed by atoms with Gasteiger partial charge in [-0.15, -0.1) is 0 Å². The lowest BCUT2D eigenvalue weighted by Gasteiger charge is -2.34. The van der Waals surface area contributed by atoms with Crippen molar-refractivity contribution in [3.8, 4) is 5.75 Å². The van der Waals surface area contributed by atoms with E-state index in [0.29, 0.717) is 23.9 Å². The fraction of sp³-hybridized carbons (Fsp3) is 0.333. The van der Waals surface area contributed by atoms with Crippen LogP contribution in [0.2, 0.25) is 0 Å². The van der Waals surface area contributed by atoms with Gasteiger partial charge in [-0.2, -0.15) is 11.8 Å². The van der Waals surface area contributed by atoms with Crippen LogP contribution >= 0.6 is 11.8 Å². The van der Waals surface area contributed by atoms with Crippen LogP contribution in [-0.4, -0.2) is 58.5 Å². The standard InChI is InChI=1S/C21H23N3O4S2/c1-30(26,27)21-15-29-12-11-23(21)20(25)13-24-18-10-6-5-9-17(18)22-19(24)14-28-16-7-3-2-4-8-16/h2-10,21H,11-15H2,1H3/t21-/m1/s1. The second-order valence-electron chi connectivity index (χ2n) is 7.15.